The van der Waals surface area contributed by atoms with Crippen molar-refractivity contribution >= 4 is 12.2 Å². The quantitative estimate of drug-likeness (QED) is 0.209. The Morgan fingerprint density at radius 2 is 2.17 bits per heavy atom. The van der Waals surface area contributed by atoms with Gasteiger partial charge in [0.1, 0.15) is 0 Å². The van der Waals surface area contributed by atoms with Gasteiger partial charge in [-0.1, -0.05) is 12.7 Å². The molecule has 0 heterocycles. The van der Waals surface area contributed by atoms with Crippen molar-refractivity contribution in [1.29, 1.82) is 0 Å². The zero-order valence-corrected chi connectivity index (χ0v) is 7.63. The number of carbonyl (C=O) groups is 1. The Kier molecular flexibility index (Phi) is 4.69. The van der Waals surface area contributed by atoms with E-state index in [-0.39, 0.29) is 0 Å². The molecule has 0 unspecified atom stereocenters. The van der Waals surface area contributed by atoms with Crippen molar-refractivity contribution in [1.82, 2.24) is 0 Å². The molecule has 0 aliphatic rings. The van der Waals surface area contributed by atoms with Crippen molar-refractivity contribution in [2.45, 2.75) is 6.92 Å². The average Bonchev–Trinajstić information content (AvgIpc) is 2.12. The van der Waals surface area contributed by atoms with Crippen LogP contribution in [0.4, 0.5) is 0 Å². The Hall–Kier alpha value is -1.38. The molecule has 0 aromatic heterocycles. The molecule has 0 N–H and O–H groups in total. The smallest absolute Gasteiger partial charge is 0.219 e. The van der Waals surface area contributed by atoms with Gasteiger partial charge in [0.05, 0.1) is 12.7 Å². The summed E-state index contributed by atoms with van der Waals surface area (Å²) in [5.74, 6) is 0.336. The van der Waals surface area contributed by atoms with Crippen molar-refractivity contribution < 1.29 is 9.53 Å². The average molecular weight is 167 g/mol. The van der Waals surface area contributed by atoms with Gasteiger partial charge in [0, 0.05) is 7.05 Å². The fraction of sp³-hybridized carbons (Fsp3) is 0.333. The summed E-state index contributed by atoms with van der Waals surface area (Å²) in [5.41, 5.74) is 1.20. The zero-order chi connectivity index (χ0) is 9.56. The van der Waals surface area contributed by atoms with Crippen LogP contribution in [0.5, 0.6) is 0 Å². The molecule has 0 bridgehead atoms. The number of rotatable bonds is 3. The lowest BCUT2D eigenvalue weighted by Crippen LogP contribution is -2.08. The molecule has 3 nitrogen and oxygen atoms in total. The first kappa shape index (κ1) is 10.6. The maximum Gasteiger partial charge on any atom is 0.219 e. The molecule has 0 aromatic carbocycles. The number of carbonyl (C=O) groups excluding carboxylic acids is 1. The van der Waals surface area contributed by atoms with E-state index < -0.39 is 0 Å². The highest BCUT2D eigenvalue weighted by atomic mass is 16.5. The lowest BCUT2D eigenvalue weighted by atomic mass is 10.1. The second-order valence-electron chi connectivity index (χ2n) is 2.15. The van der Waals surface area contributed by atoms with E-state index in [9.17, 15) is 4.79 Å². The summed E-state index contributed by atoms with van der Waals surface area (Å²) >= 11 is 0. The van der Waals surface area contributed by atoms with Gasteiger partial charge < -0.3 is 4.74 Å². The highest BCUT2D eigenvalue weighted by Crippen LogP contribution is 2.05. The fourth-order valence-electron chi connectivity index (χ4n) is 0.744. The number of methoxy groups -OCH3 is 1. The summed E-state index contributed by atoms with van der Waals surface area (Å²) in [6, 6.07) is 0. The molecule has 66 valence electrons. The minimum atomic E-state index is 0.336. The standard InChI is InChI=1S/C9H13NO2/c1-5-7(2)8(6-11)9(10-3)12-4/h5-6H,1H2,2-4H3/b8-7-,10-9?. The van der Waals surface area contributed by atoms with E-state index in [1.165, 1.54) is 7.11 Å². The Morgan fingerprint density at radius 1 is 1.58 bits per heavy atom. The van der Waals surface area contributed by atoms with E-state index in [4.69, 9.17) is 4.74 Å². The van der Waals surface area contributed by atoms with Crippen LogP contribution in [0, 0.1) is 0 Å². The van der Waals surface area contributed by atoms with Crippen LogP contribution in [-0.2, 0) is 9.53 Å². The summed E-state index contributed by atoms with van der Waals surface area (Å²) in [6.45, 7) is 5.33. The molecule has 0 saturated heterocycles. The van der Waals surface area contributed by atoms with Crippen molar-refractivity contribution in [3.8, 4) is 0 Å². The van der Waals surface area contributed by atoms with Gasteiger partial charge in [0.25, 0.3) is 0 Å². The number of hydrogen-bond donors (Lipinski definition) is 0. The predicted octanol–water partition coefficient (Wildman–Crippen LogP) is 1.36. The van der Waals surface area contributed by atoms with E-state index in [2.05, 4.69) is 11.6 Å². The zero-order valence-electron chi connectivity index (χ0n) is 7.63. The number of aliphatic imine (C=N–C) groups is 1. The van der Waals surface area contributed by atoms with Gasteiger partial charge in [-0.2, -0.15) is 0 Å². The normalized spacial score (nSPS) is 13.4. The fourth-order valence-corrected chi connectivity index (χ4v) is 0.744. The van der Waals surface area contributed by atoms with E-state index >= 15 is 0 Å². The van der Waals surface area contributed by atoms with Crippen LogP contribution in [0.1, 0.15) is 6.92 Å². The molecule has 3 heteroatoms. The van der Waals surface area contributed by atoms with Gasteiger partial charge in [-0.05, 0) is 12.5 Å². The molecular formula is C9H13NO2. The maximum atomic E-state index is 10.6. The highest BCUT2D eigenvalue weighted by molar-refractivity contribution is 6.11. The lowest BCUT2D eigenvalue weighted by Gasteiger charge is -2.04. The Morgan fingerprint density at radius 3 is 2.42 bits per heavy atom. The van der Waals surface area contributed by atoms with Crippen LogP contribution in [0.25, 0.3) is 0 Å². The molecular weight excluding hydrogens is 154 g/mol. The molecule has 0 rings (SSSR count). The molecule has 0 atom stereocenters. The Bertz CT molecular complexity index is 239. The molecule has 0 aliphatic heterocycles. The van der Waals surface area contributed by atoms with E-state index in [1.54, 1.807) is 20.0 Å². The van der Waals surface area contributed by atoms with Gasteiger partial charge >= 0.3 is 0 Å². The minimum Gasteiger partial charge on any atom is -0.481 e. The number of ether oxygens (including phenoxy) is 1. The third-order valence-corrected chi connectivity index (χ3v) is 1.48. The topological polar surface area (TPSA) is 38.7 Å². The Balaban J connectivity index is 5.02. The summed E-state index contributed by atoms with van der Waals surface area (Å²) in [5, 5.41) is 0. The van der Waals surface area contributed by atoms with Crippen molar-refractivity contribution in [3.63, 3.8) is 0 Å². The second-order valence-corrected chi connectivity index (χ2v) is 2.15. The first-order valence-corrected chi connectivity index (χ1v) is 3.50. The van der Waals surface area contributed by atoms with Crippen molar-refractivity contribution in [2.75, 3.05) is 14.2 Å². The van der Waals surface area contributed by atoms with Crippen molar-refractivity contribution in [2.24, 2.45) is 4.99 Å². The molecule has 12 heavy (non-hydrogen) atoms. The first-order chi connectivity index (χ1) is 5.71. The van der Waals surface area contributed by atoms with E-state index in [1.807, 2.05) is 0 Å². The summed E-state index contributed by atoms with van der Waals surface area (Å²) in [6.07, 6.45) is 2.30. The van der Waals surface area contributed by atoms with Crippen LogP contribution < -0.4 is 0 Å². The van der Waals surface area contributed by atoms with E-state index in [0.717, 1.165) is 5.57 Å². The van der Waals surface area contributed by atoms with Crippen LogP contribution >= 0.6 is 0 Å². The van der Waals surface area contributed by atoms with Gasteiger partial charge in [0.15, 0.2) is 6.29 Å². The molecule has 0 amide bonds. The number of aldehydes is 1. The van der Waals surface area contributed by atoms with Gasteiger partial charge in [-0.3, -0.25) is 9.79 Å². The molecule has 0 radical (unpaired) electrons. The summed E-state index contributed by atoms with van der Waals surface area (Å²) in [7, 11) is 3.04. The number of allylic oxidation sites excluding steroid dienone is 2. The van der Waals surface area contributed by atoms with Crippen LogP contribution in [0.3, 0.4) is 0 Å². The van der Waals surface area contributed by atoms with Crippen LogP contribution in [-0.4, -0.2) is 26.3 Å². The third-order valence-electron chi connectivity index (χ3n) is 1.48. The molecule has 0 spiro atoms. The Labute approximate surface area is 72.4 Å². The summed E-state index contributed by atoms with van der Waals surface area (Å²) < 4.78 is 4.89. The lowest BCUT2D eigenvalue weighted by molar-refractivity contribution is -0.104. The molecule has 0 aromatic rings. The number of hydrogen-bond acceptors (Lipinski definition) is 3. The number of nitrogens with zero attached hydrogens (tertiary/aromatic N) is 1. The van der Waals surface area contributed by atoms with Crippen molar-refractivity contribution in [3.05, 3.63) is 23.8 Å². The molecule has 0 aliphatic carbocycles. The first-order valence-electron chi connectivity index (χ1n) is 3.50. The largest absolute Gasteiger partial charge is 0.481 e. The monoisotopic (exact) mass is 167 g/mol. The van der Waals surface area contributed by atoms with Crippen LogP contribution in [0.15, 0.2) is 28.8 Å². The second kappa shape index (κ2) is 5.29. The SMILES string of the molecule is C=C/C(C)=C(/C=O)C(=NC)OC. The van der Waals surface area contributed by atoms with Gasteiger partial charge in [0.2, 0.25) is 5.90 Å². The van der Waals surface area contributed by atoms with Crippen LogP contribution in [0.2, 0.25) is 0 Å². The van der Waals surface area contributed by atoms with Gasteiger partial charge in [-0.25, -0.2) is 0 Å². The highest BCUT2D eigenvalue weighted by Gasteiger charge is 2.06. The van der Waals surface area contributed by atoms with Gasteiger partial charge in [-0.15, -0.1) is 0 Å². The molecule has 0 saturated carbocycles. The maximum absolute atomic E-state index is 10.6. The third kappa shape index (κ3) is 2.34. The predicted molar refractivity (Wildman–Crippen MR) is 49.3 cm³/mol. The molecule has 0 fully saturated rings. The summed E-state index contributed by atoms with van der Waals surface area (Å²) in [4.78, 5) is 14.4. The minimum absolute atomic E-state index is 0.336. The van der Waals surface area contributed by atoms with E-state index in [0.29, 0.717) is 17.8 Å².